The Labute approximate surface area is 117 Å². The van der Waals surface area contributed by atoms with E-state index in [0.717, 1.165) is 5.52 Å². The maximum Gasteiger partial charge on any atom is 0.215 e. The molecule has 0 aliphatic heterocycles. The van der Waals surface area contributed by atoms with Crippen molar-refractivity contribution in [2.75, 3.05) is 18.6 Å². The van der Waals surface area contributed by atoms with Crippen molar-refractivity contribution in [2.45, 2.75) is 19.4 Å². The van der Waals surface area contributed by atoms with Crippen LogP contribution in [-0.2, 0) is 9.84 Å². The van der Waals surface area contributed by atoms with E-state index in [1.807, 2.05) is 13.0 Å². The number of fused-ring (bicyclic) bond motifs is 1. The maximum absolute atomic E-state index is 11.1. The van der Waals surface area contributed by atoms with E-state index in [1.165, 1.54) is 6.26 Å². The van der Waals surface area contributed by atoms with E-state index in [1.54, 1.807) is 6.07 Å². The number of imidazole rings is 1. The summed E-state index contributed by atoms with van der Waals surface area (Å²) in [6.07, 6.45) is 1.51. The van der Waals surface area contributed by atoms with Gasteiger partial charge >= 0.3 is 0 Å². The molecule has 2 rings (SSSR count). The monoisotopic (exact) mass is 298 g/mol. The lowest BCUT2D eigenvalue weighted by molar-refractivity contribution is 0.328. The van der Waals surface area contributed by atoms with Gasteiger partial charge in [0.1, 0.15) is 15.7 Å². The van der Waals surface area contributed by atoms with E-state index in [9.17, 15) is 8.42 Å². The summed E-state index contributed by atoms with van der Waals surface area (Å²) < 4.78 is 27.6. The second kappa shape index (κ2) is 5.76. The van der Waals surface area contributed by atoms with E-state index in [2.05, 4.69) is 15.0 Å². The number of nitrogens with one attached hydrogen (secondary N) is 1. The van der Waals surface area contributed by atoms with Gasteiger partial charge in [0.2, 0.25) is 5.88 Å². The predicted octanol–water partition coefficient (Wildman–Crippen LogP) is 0.791. The third kappa shape index (κ3) is 3.67. The smallest absolute Gasteiger partial charge is 0.215 e. The molecule has 0 fully saturated rings. The van der Waals surface area contributed by atoms with Crippen molar-refractivity contribution in [3.8, 4) is 5.88 Å². The molecule has 1 atom stereocenters. The second-order valence-corrected chi connectivity index (χ2v) is 6.86. The maximum atomic E-state index is 11.1. The van der Waals surface area contributed by atoms with Gasteiger partial charge in [-0.3, -0.25) is 0 Å². The molecule has 0 aliphatic carbocycles. The summed E-state index contributed by atoms with van der Waals surface area (Å²) in [6, 6.07) is 3.10. The topological polar surface area (TPSA) is 111 Å². The highest BCUT2D eigenvalue weighted by Gasteiger charge is 2.15. The van der Waals surface area contributed by atoms with Gasteiger partial charge in [0.15, 0.2) is 5.65 Å². The average Bonchev–Trinajstić information content (AvgIpc) is 2.78. The number of pyridine rings is 1. The summed E-state index contributed by atoms with van der Waals surface area (Å²) in [5.41, 5.74) is 7.21. The molecule has 20 heavy (non-hydrogen) atoms. The summed E-state index contributed by atoms with van der Waals surface area (Å²) in [4.78, 5) is 11.6. The molecule has 0 aromatic carbocycles. The number of H-pyrrole nitrogens is 1. The highest BCUT2D eigenvalue weighted by molar-refractivity contribution is 7.90. The van der Waals surface area contributed by atoms with Crippen molar-refractivity contribution in [1.29, 1.82) is 0 Å². The van der Waals surface area contributed by atoms with Crippen molar-refractivity contribution < 1.29 is 13.2 Å². The Bertz CT molecular complexity index is 696. The fourth-order valence-corrected chi connectivity index (χ4v) is 2.46. The Hall–Kier alpha value is -1.67. The zero-order valence-electron chi connectivity index (χ0n) is 11.5. The number of nitrogens with zero attached hydrogens (tertiary/aromatic N) is 2. The van der Waals surface area contributed by atoms with Crippen LogP contribution >= 0.6 is 0 Å². The largest absolute Gasteiger partial charge is 0.478 e. The van der Waals surface area contributed by atoms with Crippen LogP contribution in [0.5, 0.6) is 5.88 Å². The quantitative estimate of drug-likeness (QED) is 0.815. The van der Waals surface area contributed by atoms with Gasteiger partial charge < -0.3 is 15.5 Å². The Kier molecular flexibility index (Phi) is 4.24. The van der Waals surface area contributed by atoms with Gasteiger partial charge in [-0.05, 0) is 19.4 Å². The summed E-state index contributed by atoms with van der Waals surface area (Å²) in [5, 5.41) is 0. The van der Waals surface area contributed by atoms with Crippen LogP contribution < -0.4 is 10.5 Å². The van der Waals surface area contributed by atoms with Gasteiger partial charge in [0, 0.05) is 12.3 Å². The highest BCUT2D eigenvalue weighted by Crippen LogP contribution is 2.18. The van der Waals surface area contributed by atoms with Gasteiger partial charge in [0.05, 0.1) is 23.9 Å². The average molecular weight is 298 g/mol. The SMILES string of the molecule is CCOc1ccc2[nH]c(C(N)CCS(C)(=O)=O)nc2n1. The highest BCUT2D eigenvalue weighted by atomic mass is 32.2. The van der Waals surface area contributed by atoms with Crippen LogP contribution in [0, 0.1) is 0 Å². The number of aromatic nitrogens is 3. The van der Waals surface area contributed by atoms with Gasteiger partial charge in [-0.25, -0.2) is 13.4 Å². The summed E-state index contributed by atoms with van der Waals surface area (Å²) in [7, 11) is -3.03. The van der Waals surface area contributed by atoms with Crippen LogP contribution in [0.2, 0.25) is 0 Å². The Morgan fingerprint density at radius 3 is 2.80 bits per heavy atom. The molecule has 110 valence electrons. The third-order valence-corrected chi connectivity index (χ3v) is 3.76. The Balaban J connectivity index is 2.18. The molecule has 7 nitrogen and oxygen atoms in total. The van der Waals surface area contributed by atoms with E-state index in [0.29, 0.717) is 30.4 Å². The lowest BCUT2D eigenvalue weighted by Gasteiger charge is -2.06. The van der Waals surface area contributed by atoms with E-state index in [4.69, 9.17) is 10.5 Å². The third-order valence-electron chi connectivity index (χ3n) is 2.78. The lowest BCUT2D eigenvalue weighted by atomic mass is 10.2. The van der Waals surface area contributed by atoms with Gasteiger partial charge in [-0.15, -0.1) is 0 Å². The molecule has 0 saturated heterocycles. The summed E-state index contributed by atoms with van der Waals surface area (Å²) >= 11 is 0. The first-order chi connectivity index (χ1) is 9.39. The molecule has 2 heterocycles. The Morgan fingerprint density at radius 2 is 2.15 bits per heavy atom. The van der Waals surface area contributed by atoms with Crippen LogP contribution in [0.25, 0.3) is 11.2 Å². The minimum Gasteiger partial charge on any atom is -0.478 e. The molecule has 2 aromatic rings. The zero-order chi connectivity index (χ0) is 14.8. The number of hydrogen-bond acceptors (Lipinski definition) is 6. The van der Waals surface area contributed by atoms with Gasteiger partial charge in [0.25, 0.3) is 0 Å². The van der Waals surface area contributed by atoms with Gasteiger partial charge in [-0.2, -0.15) is 4.98 Å². The summed E-state index contributed by atoms with van der Waals surface area (Å²) in [5.74, 6) is 1.07. The van der Waals surface area contributed by atoms with Crippen LogP contribution in [0.4, 0.5) is 0 Å². The van der Waals surface area contributed by atoms with Crippen LogP contribution in [-0.4, -0.2) is 42.0 Å². The molecule has 8 heteroatoms. The first-order valence-corrected chi connectivity index (χ1v) is 8.38. The van der Waals surface area contributed by atoms with Crippen LogP contribution in [0.3, 0.4) is 0 Å². The number of aromatic amines is 1. The van der Waals surface area contributed by atoms with Crippen molar-refractivity contribution in [3.63, 3.8) is 0 Å². The first kappa shape index (κ1) is 14.7. The number of sulfone groups is 1. The Morgan fingerprint density at radius 1 is 1.40 bits per heavy atom. The molecule has 0 saturated carbocycles. The standard InChI is InChI=1S/C12H18N4O3S/c1-3-19-10-5-4-9-12(15-10)16-11(14-9)8(13)6-7-20(2,17)18/h4-5,8H,3,6-7,13H2,1-2H3,(H,14,15,16). The summed E-state index contributed by atoms with van der Waals surface area (Å²) in [6.45, 7) is 2.41. The van der Waals surface area contributed by atoms with Crippen LogP contribution in [0.15, 0.2) is 12.1 Å². The molecule has 0 amide bonds. The predicted molar refractivity (Wildman–Crippen MR) is 76.3 cm³/mol. The molecule has 0 spiro atoms. The molecule has 0 aliphatic rings. The van der Waals surface area contributed by atoms with Crippen molar-refractivity contribution in [2.24, 2.45) is 5.73 Å². The minimum atomic E-state index is -3.03. The van der Waals surface area contributed by atoms with E-state index < -0.39 is 15.9 Å². The lowest BCUT2D eigenvalue weighted by Crippen LogP contribution is -2.16. The van der Waals surface area contributed by atoms with Crippen molar-refractivity contribution in [1.82, 2.24) is 15.0 Å². The normalized spacial score (nSPS) is 13.6. The van der Waals surface area contributed by atoms with Crippen molar-refractivity contribution >= 4 is 21.0 Å². The van der Waals surface area contributed by atoms with Crippen molar-refractivity contribution in [3.05, 3.63) is 18.0 Å². The molecule has 1 unspecified atom stereocenters. The fraction of sp³-hybridized carbons (Fsp3) is 0.500. The molecule has 2 aromatic heterocycles. The number of nitrogens with two attached hydrogens (primary N) is 1. The molecule has 0 radical (unpaired) electrons. The molecular weight excluding hydrogens is 280 g/mol. The second-order valence-electron chi connectivity index (χ2n) is 4.60. The molecular formula is C12H18N4O3S. The molecule has 0 bridgehead atoms. The van der Waals surface area contributed by atoms with E-state index >= 15 is 0 Å². The van der Waals surface area contributed by atoms with E-state index in [-0.39, 0.29) is 5.75 Å². The number of rotatable bonds is 6. The minimum absolute atomic E-state index is 0.0306. The fourth-order valence-electron chi connectivity index (χ4n) is 1.78. The molecule has 3 N–H and O–H groups in total. The number of ether oxygens (including phenoxy) is 1. The van der Waals surface area contributed by atoms with Gasteiger partial charge in [-0.1, -0.05) is 0 Å². The first-order valence-electron chi connectivity index (χ1n) is 6.32. The number of hydrogen-bond donors (Lipinski definition) is 2. The van der Waals surface area contributed by atoms with Crippen LogP contribution in [0.1, 0.15) is 25.2 Å². The zero-order valence-corrected chi connectivity index (χ0v) is 12.3.